The smallest absolute Gasteiger partial charge is 0.198 e. The fourth-order valence-corrected chi connectivity index (χ4v) is 1.22. The van der Waals surface area contributed by atoms with Crippen molar-refractivity contribution in [3.63, 3.8) is 0 Å². The van der Waals surface area contributed by atoms with Gasteiger partial charge in [0.25, 0.3) is 0 Å². The number of hydrogen-bond donors (Lipinski definition) is 0. The van der Waals surface area contributed by atoms with Crippen molar-refractivity contribution in [1.82, 2.24) is 0 Å². The van der Waals surface area contributed by atoms with E-state index in [2.05, 4.69) is 22.5 Å². The summed E-state index contributed by atoms with van der Waals surface area (Å²) >= 11 is 3.14. The van der Waals surface area contributed by atoms with Gasteiger partial charge in [-0.1, -0.05) is 5.57 Å². The Hall–Kier alpha value is -0.830. The van der Waals surface area contributed by atoms with Crippen molar-refractivity contribution in [2.75, 3.05) is 0 Å². The second kappa shape index (κ2) is 4.42. The van der Waals surface area contributed by atoms with E-state index in [1.54, 1.807) is 12.1 Å². The van der Waals surface area contributed by atoms with E-state index in [1.165, 1.54) is 0 Å². The Balaban J connectivity index is 2.54. The average molecular weight is 243 g/mol. The van der Waals surface area contributed by atoms with Crippen LogP contribution in [-0.4, -0.2) is 5.78 Å². The van der Waals surface area contributed by atoms with Crippen LogP contribution >= 0.6 is 15.9 Å². The molecule has 0 atom stereocenters. The summed E-state index contributed by atoms with van der Waals surface area (Å²) in [6, 6.07) is 3.39. The summed E-state index contributed by atoms with van der Waals surface area (Å²) in [4.78, 5) is 11.4. The van der Waals surface area contributed by atoms with Gasteiger partial charge in [-0.3, -0.25) is 4.79 Å². The van der Waals surface area contributed by atoms with Crippen LogP contribution in [0.25, 0.3) is 0 Å². The van der Waals surface area contributed by atoms with Crippen LogP contribution in [0.15, 0.2) is 33.4 Å². The fourth-order valence-electron chi connectivity index (χ4n) is 0.914. The second-order valence-electron chi connectivity index (χ2n) is 2.98. The van der Waals surface area contributed by atoms with Gasteiger partial charge in [0.1, 0.15) is 0 Å². The Bertz CT molecular complexity index is 325. The van der Waals surface area contributed by atoms with Gasteiger partial charge in [0, 0.05) is 6.42 Å². The molecule has 0 spiro atoms. The molecule has 13 heavy (non-hydrogen) atoms. The third-order valence-corrected chi connectivity index (χ3v) is 2.05. The number of carbonyl (C=O) groups excluding carboxylic acids is 1. The summed E-state index contributed by atoms with van der Waals surface area (Å²) in [5.74, 6) is 0.432. The molecular weight excluding hydrogens is 232 g/mol. The molecular formula is C10H11BrO2. The zero-order valence-corrected chi connectivity index (χ0v) is 9.06. The molecule has 1 aromatic rings. The quantitative estimate of drug-likeness (QED) is 0.597. The Morgan fingerprint density at radius 1 is 1.54 bits per heavy atom. The first-order valence-corrected chi connectivity index (χ1v) is 4.82. The van der Waals surface area contributed by atoms with Gasteiger partial charge in [0.15, 0.2) is 16.2 Å². The molecule has 0 radical (unpaired) electrons. The largest absolute Gasteiger partial charge is 0.446 e. The number of furan rings is 1. The van der Waals surface area contributed by atoms with Crippen molar-refractivity contribution >= 4 is 21.7 Å². The van der Waals surface area contributed by atoms with E-state index in [9.17, 15) is 4.79 Å². The zero-order chi connectivity index (χ0) is 9.84. The van der Waals surface area contributed by atoms with Crippen molar-refractivity contribution in [3.8, 4) is 0 Å². The van der Waals surface area contributed by atoms with Crippen molar-refractivity contribution in [2.45, 2.75) is 19.8 Å². The predicted molar refractivity (Wildman–Crippen MR) is 54.8 cm³/mol. The highest BCUT2D eigenvalue weighted by molar-refractivity contribution is 9.10. The molecule has 0 aliphatic rings. The summed E-state index contributed by atoms with van der Waals surface area (Å²) < 4.78 is 5.70. The normalized spacial score (nSPS) is 10.0. The predicted octanol–water partition coefficient (Wildman–Crippen LogP) is 3.58. The highest BCUT2D eigenvalue weighted by atomic mass is 79.9. The summed E-state index contributed by atoms with van der Waals surface area (Å²) in [6.45, 7) is 5.64. The minimum Gasteiger partial charge on any atom is -0.446 e. The molecule has 0 aromatic carbocycles. The van der Waals surface area contributed by atoms with E-state index in [0.29, 0.717) is 16.9 Å². The summed E-state index contributed by atoms with van der Waals surface area (Å²) in [6.07, 6.45) is 1.19. The molecule has 0 saturated heterocycles. The Morgan fingerprint density at radius 3 is 2.69 bits per heavy atom. The average Bonchev–Trinajstić information content (AvgIpc) is 2.47. The number of rotatable bonds is 4. The number of carbonyl (C=O) groups is 1. The third-order valence-electron chi connectivity index (χ3n) is 1.63. The lowest BCUT2D eigenvalue weighted by atomic mass is 10.1. The standard InChI is InChI=1S/C10H11BrO2/c1-7(2)3-4-8(12)9-5-6-10(11)13-9/h5-6H,1,3-4H2,2H3. The summed E-state index contributed by atoms with van der Waals surface area (Å²) in [5.41, 5.74) is 1.01. The first-order chi connectivity index (χ1) is 6.09. The highest BCUT2D eigenvalue weighted by Gasteiger charge is 2.09. The number of hydrogen-bond acceptors (Lipinski definition) is 2. The SMILES string of the molecule is C=C(C)CCC(=O)c1ccc(Br)o1. The molecule has 2 nitrogen and oxygen atoms in total. The maximum atomic E-state index is 11.4. The van der Waals surface area contributed by atoms with Crippen LogP contribution in [0.3, 0.4) is 0 Å². The maximum absolute atomic E-state index is 11.4. The molecule has 0 amide bonds. The van der Waals surface area contributed by atoms with Crippen molar-refractivity contribution < 1.29 is 9.21 Å². The van der Waals surface area contributed by atoms with Gasteiger partial charge in [0.2, 0.25) is 0 Å². The first-order valence-electron chi connectivity index (χ1n) is 4.02. The van der Waals surface area contributed by atoms with E-state index in [0.717, 1.165) is 12.0 Å². The molecule has 0 fully saturated rings. The van der Waals surface area contributed by atoms with Crippen LogP contribution in [0.4, 0.5) is 0 Å². The number of ketones is 1. The lowest BCUT2D eigenvalue weighted by Crippen LogP contribution is -1.96. The first kappa shape index (κ1) is 10.3. The summed E-state index contributed by atoms with van der Waals surface area (Å²) in [5, 5.41) is 0. The highest BCUT2D eigenvalue weighted by Crippen LogP contribution is 2.16. The van der Waals surface area contributed by atoms with Crippen molar-refractivity contribution in [1.29, 1.82) is 0 Å². The topological polar surface area (TPSA) is 30.2 Å². The van der Waals surface area contributed by atoms with Crippen LogP contribution in [0.1, 0.15) is 30.3 Å². The van der Waals surface area contributed by atoms with Crippen molar-refractivity contribution in [2.24, 2.45) is 0 Å². The number of halogens is 1. The number of allylic oxidation sites excluding steroid dienone is 1. The van der Waals surface area contributed by atoms with Gasteiger partial charge in [-0.25, -0.2) is 0 Å². The van der Waals surface area contributed by atoms with Crippen molar-refractivity contribution in [3.05, 3.63) is 34.7 Å². The fraction of sp³-hybridized carbons (Fsp3) is 0.300. The summed E-state index contributed by atoms with van der Waals surface area (Å²) in [7, 11) is 0. The van der Waals surface area contributed by atoms with Crippen LogP contribution in [0, 0.1) is 0 Å². The number of Topliss-reactive ketones (excluding diaryl/α,β-unsaturated/α-hetero) is 1. The Labute approximate surface area is 85.8 Å². The van der Waals surface area contributed by atoms with Gasteiger partial charge >= 0.3 is 0 Å². The molecule has 1 aromatic heterocycles. The molecule has 0 unspecified atom stereocenters. The maximum Gasteiger partial charge on any atom is 0.198 e. The zero-order valence-electron chi connectivity index (χ0n) is 7.47. The second-order valence-corrected chi connectivity index (χ2v) is 3.77. The van der Waals surface area contributed by atoms with E-state index in [1.807, 2.05) is 6.92 Å². The van der Waals surface area contributed by atoms with Gasteiger partial charge in [-0.2, -0.15) is 0 Å². The van der Waals surface area contributed by atoms with Gasteiger partial charge in [-0.05, 0) is 41.4 Å². The van der Waals surface area contributed by atoms with Gasteiger partial charge in [0.05, 0.1) is 0 Å². The van der Waals surface area contributed by atoms with Gasteiger partial charge in [-0.15, -0.1) is 6.58 Å². The molecule has 0 aliphatic heterocycles. The van der Waals surface area contributed by atoms with Crippen LogP contribution in [0.5, 0.6) is 0 Å². The van der Waals surface area contributed by atoms with Crippen LogP contribution in [-0.2, 0) is 0 Å². The third kappa shape index (κ3) is 3.19. The molecule has 0 bridgehead atoms. The van der Waals surface area contributed by atoms with Crippen LogP contribution < -0.4 is 0 Å². The molecule has 1 rings (SSSR count). The molecule has 0 N–H and O–H groups in total. The Morgan fingerprint density at radius 2 is 2.23 bits per heavy atom. The monoisotopic (exact) mass is 242 g/mol. The molecule has 3 heteroatoms. The Kier molecular flexibility index (Phi) is 3.48. The molecule has 0 aliphatic carbocycles. The van der Waals surface area contributed by atoms with E-state index < -0.39 is 0 Å². The van der Waals surface area contributed by atoms with E-state index in [-0.39, 0.29) is 5.78 Å². The molecule has 1 heterocycles. The molecule has 0 saturated carbocycles. The van der Waals surface area contributed by atoms with E-state index in [4.69, 9.17) is 4.42 Å². The molecule has 70 valence electrons. The van der Waals surface area contributed by atoms with Crippen LogP contribution in [0.2, 0.25) is 0 Å². The van der Waals surface area contributed by atoms with E-state index >= 15 is 0 Å². The van der Waals surface area contributed by atoms with Gasteiger partial charge < -0.3 is 4.42 Å². The minimum atomic E-state index is 0.0219. The lowest BCUT2D eigenvalue weighted by molar-refractivity contribution is 0.0955. The lowest BCUT2D eigenvalue weighted by Gasteiger charge is -1.96. The minimum absolute atomic E-state index is 0.0219.